The van der Waals surface area contributed by atoms with E-state index in [0.717, 1.165) is 6.20 Å². The van der Waals surface area contributed by atoms with Crippen LogP contribution in [0.25, 0.3) is 0 Å². The second-order valence-electron chi connectivity index (χ2n) is 2.75. The maximum absolute atomic E-state index is 11.4. The van der Waals surface area contributed by atoms with E-state index in [1.165, 1.54) is 0 Å². The minimum Gasteiger partial charge on any atom is -0.461 e. The minimum absolute atomic E-state index is 0.0352. The van der Waals surface area contributed by atoms with Gasteiger partial charge in [-0.2, -0.15) is 10.5 Å². The molecule has 0 atom stereocenters. The van der Waals surface area contributed by atoms with Crippen molar-refractivity contribution in [2.45, 2.75) is 6.92 Å². The molecule has 0 aromatic carbocycles. The zero-order valence-corrected chi connectivity index (χ0v) is 8.52. The van der Waals surface area contributed by atoms with Crippen molar-refractivity contribution in [1.82, 2.24) is 4.98 Å². The van der Waals surface area contributed by atoms with Crippen LogP contribution in [0.1, 0.15) is 28.5 Å². The molecule has 0 aliphatic carbocycles. The molecule has 80 valence electrons. The first-order valence-corrected chi connectivity index (χ1v) is 4.41. The first-order valence-electron chi connectivity index (χ1n) is 4.41. The molecule has 16 heavy (non-hydrogen) atoms. The molecular weight excluding hydrogens is 208 g/mol. The average Bonchev–Trinajstić information content (AvgIpc) is 2.28. The van der Waals surface area contributed by atoms with E-state index in [0.29, 0.717) is 0 Å². The largest absolute Gasteiger partial charge is 0.461 e. The molecule has 0 saturated carbocycles. The van der Waals surface area contributed by atoms with Crippen LogP contribution in [0.5, 0.6) is 0 Å². The molecule has 0 radical (unpaired) electrons. The van der Waals surface area contributed by atoms with Gasteiger partial charge in [0.25, 0.3) is 0 Å². The Labute approximate surface area is 91.9 Å². The molecule has 0 spiro atoms. The summed E-state index contributed by atoms with van der Waals surface area (Å²) < 4.78 is 4.71. The van der Waals surface area contributed by atoms with Gasteiger partial charge in [-0.25, -0.2) is 9.78 Å². The number of esters is 1. The van der Waals surface area contributed by atoms with Crippen LogP contribution >= 0.6 is 0 Å². The van der Waals surface area contributed by atoms with E-state index >= 15 is 0 Å². The normalized spacial score (nSPS) is 8.94. The fraction of sp³-hybridized carbons (Fsp3) is 0.200. The number of rotatable bonds is 2. The third-order valence-electron chi connectivity index (χ3n) is 1.82. The second kappa shape index (κ2) is 4.76. The molecule has 1 heterocycles. The number of nitriles is 2. The summed E-state index contributed by atoms with van der Waals surface area (Å²) >= 11 is 0. The SMILES string of the molecule is CCOC(=O)c1ncc(C#N)c(C#N)c1N. The van der Waals surface area contributed by atoms with Crippen LogP contribution in [0.4, 0.5) is 5.69 Å². The molecule has 0 bridgehead atoms. The highest BCUT2D eigenvalue weighted by atomic mass is 16.5. The van der Waals surface area contributed by atoms with Gasteiger partial charge in [-0.15, -0.1) is 0 Å². The summed E-state index contributed by atoms with van der Waals surface area (Å²) in [5.41, 5.74) is 5.28. The van der Waals surface area contributed by atoms with Crippen molar-refractivity contribution in [3.05, 3.63) is 23.0 Å². The maximum Gasteiger partial charge on any atom is 0.359 e. The zero-order valence-electron chi connectivity index (χ0n) is 8.52. The molecule has 0 aliphatic rings. The summed E-state index contributed by atoms with van der Waals surface area (Å²) in [6, 6.07) is 3.53. The van der Waals surface area contributed by atoms with Gasteiger partial charge in [0.2, 0.25) is 0 Å². The van der Waals surface area contributed by atoms with Crippen molar-refractivity contribution in [1.29, 1.82) is 10.5 Å². The highest BCUT2D eigenvalue weighted by molar-refractivity contribution is 5.94. The number of carbonyl (C=O) groups excluding carboxylic acids is 1. The summed E-state index contributed by atoms with van der Waals surface area (Å²) in [5, 5.41) is 17.5. The van der Waals surface area contributed by atoms with Crippen LogP contribution in [0.15, 0.2) is 6.20 Å². The smallest absolute Gasteiger partial charge is 0.359 e. The summed E-state index contributed by atoms with van der Waals surface area (Å²) in [5.74, 6) is -0.707. The number of anilines is 1. The molecule has 0 aliphatic heterocycles. The number of carbonyl (C=O) groups is 1. The zero-order chi connectivity index (χ0) is 12.1. The number of nitrogens with two attached hydrogens (primary N) is 1. The van der Waals surface area contributed by atoms with Crippen molar-refractivity contribution < 1.29 is 9.53 Å². The van der Waals surface area contributed by atoms with Gasteiger partial charge < -0.3 is 10.5 Å². The lowest BCUT2D eigenvalue weighted by Crippen LogP contribution is -2.12. The van der Waals surface area contributed by atoms with Crippen LogP contribution in [0, 0.1) is 22.7 Å². The Morgan fingerprint density at radius 3 is 2.75 bits per heavy atom. The maximum atomic E-state index is 11.4. The predicted molar refractivity (Wildman–Crippen MR) is 54.0 cm³/mol. The summed E-state index contributed by atoms with van der Waals surface area (Å²) in [4.78, 5) is 15.1. The van der Waals surface area contributed by atoms with Gasteiger partial charge in [0.15, 0.2) is 5.69 Å². The fourth-order valence-corrected chi connectivity index (χ4v) is 1.09. The van der Waals surface area contributed by atoms with Crippen LogP contribution < -0.4 is 5.73 Å². The van der Waals surface area contributed by atoms with Gasteiger partial charge in [0, 0.05) is 6.20 Å². The van der Waals surface area contributed by atoms with Crippen LogP contribution in [-0.4, -0.2) is 17.6 Å². The number of nitrogens with zero attached hydrogens (tertiary/aromatic N) is 3. The number of hydrogen-bond donors (Lipinski definition) is 1. The molecule has 2 N–H and O–H groups in total. The summed E-state index contributed by atoms with van der Waals surface area (Å²) in [7, 11) is 0. The van der Waals surface area contributed by atoms with Gasteiger partial charge in [-0.05, 0) is 6.92 Å². The van der Waals surface area contributed by atoms with Crippen molar-refractivity contribution in [2.24, 2.45) is 0 Å². The molecule has 1 aromatic heterocycles. The van der Waals surface area contributed by atoms with E-state index in [2.05, 4.69) is 4.98 Å². The molecule has 6 heteroatoms. The van der Waals surface area contributed by atoms with Gasteiger partial charge in [-0.3, -0.25) is 0 Å². The first kappa shape index (κ1) is 11.5. The number of pyridine rings is 1. The van der Waals surface area contributed by atoms with E-state index in [-0.39, 0.29) is 29.1 Å². The number of aromatic nitrogens is 1. The summed E-state index contributed by atoms with van der Waals surface area (Å²) in [6.07, 6.45) is 1.13. The number of hydrogen-bond acceptors (Lipinski definition) is 6. The molecular formula is C10H8N4O2. The van der Waals surface area contributed by atoms with Gasteiger partial charge >= 0.3 is 5.97 Å². The third-order valence-corrected chi connectivity index (χ3v) is 1.82. The Hall–Kier alpha value is -2.60. The standard InChI is InChI=1S/C10H8N4O2/c1-2-16-10(15)9-8(13)7(4-12)6(3-11)5-14-9/h5H,2,13H2,1H3. The fourth-order valence-electron chi connectivity index (χ4n) is 1.09. The minimum atomic E-state index is -0.707. The number of ether oxygens (including phenoxy) is 1. The predicted octanol–water partition coefficient (Wildman–Crippen LogP) is 0.584. The Morgan fingerprint density at radius 2 is 2.25 bits per heavy atom. The molecule has 0 unspecified atom stereocenters. The molecule has 1 aromatic rings. The quantitative estimate of drug-likeness (QED) is 0.723. The molecule has 6 nitrogen and oxygen atoms in total. The lowest BCUT2D eigenvalue weighted by molar-refractivity contribution is 0.0521. The lowest BCUT2D eigenvalue weighted by Gasteiger charge is -2.05. The van der Waals surface area contributed by atoms with Gasteiger partial charge in [0.1, 0.15) is 12.1 Å². The highest BCUT2D eigenvalue weighted by Crippen LogP contribution is 2.18. The van der Waals surface area contributed by atoms with E-state index in [1.54, 1.807) is 19.1 Å². The molecule has 1 rings (SSSR count). The van der Waals surface area contributed by atoms with Gasteiger partial charge in [0.05, 0.1) is 23.4 Å². The first-order chi connectivity index (χ1) is 7.65. The van der Waals surface area contributed by atoms with Gasteiger partial charge in [-0.1, -0.05) is 0 Å². The van der Waals surface area contributed by atoms with Crippen molar-refractivity contribution in [3.63, 3.8) is 0 Å². The van der Waals surface area contributed by atoms with Crippen molar-refractivity contribution in [2.75, 3.05) is 12.3 Å². The molecule has 0 amide bonds. The molecule has 0 fully saturated rings. The van der Waals surface area contributed by atoms with Crippen LogP contribution in [-0.2, 0) is 4.74 Å². The van der Waals surface area contributed by atoms with Crippen molar-refractivity contribution in [3.8, 4) is 12.1 Å². The summed E-state index contributed by atoms with van der Waals surface area (Å²) in [6.45, 7) is 1.82. The Kier molecular flexibility index (Phi) is 3.41. The van der Waals surface area contributed by atoms with E-state index in [4.69, 9.17) is 21.0 Å². The Morgan fingerprint density at radius 1 is 1.56 bits per heavy atom. The average molecular weight is 216 g/mol. The van der Waals surface area contributed by atoms with Crippen molar-refractivity contribution >= 4 is 11.7 Å². The highest BCUT2D eigenvalue weighted by Gasteiger charge is 2.18. The topological polar surface area (TPSA) is 113 Å². The monoisotopic (exact) mass is 216 g/mol. The van der Waals surface area contributed by atoms with E-state index in [9.17, 15) is 4.79 Å². The lowest BCUT2D eigenvalue weighted by atomic mass is 10.1. The van der Waals surface area contributed by atoms with E-state index in [1.807, 2.05) is 0 Å². The second-order valence-corrected chi connectivity index (χ2v) is 2.75. The molecule has 0 saturated heterocycles. The van der Waals surface area contributed by atoms with E-state index < -0.39 is 5.97 Å². The Bertz CT molecular complexity index is 511. The third kappa shape index (κ3) is 1.91. The Balaban J connectivity index is 3.32. The van der Waals surface area contributed by atoms with Crippen LogP contribution in [0.3, 0.4) is 0 Å². The van der Waals surface area contributed by atoms with Crippen LogP contribution in [0.2, 0.25) is 0 Å². The number of nitrogen functional groups attached to an aromatic ring is 1.